The fraction of sp³-hybridized carbons (Fsp3) is 0.0833. The van der Waals surface area contributed by atoms with Crippen LogP contribution in [0.25, 0.3) is 21.9 Å². The second kappa shape index (κ2) is 4.36. The second-order valence-corrected chi connectivity index (χ2v) is 4.71. The molecule has 0 spiro atoms. The molecule has 7 heteroatoms. The number of thiophene rings is 1. The van der Waals surface area contributed by atoms with Crippen LogP contribution in [0, 0.1) is 0 Å². The van der Waals surface area contributed by atoms with E-state index in [9.17, 15) is 4.79 Å². The molecule has 0 saturated carbocycles. The number of hydrogen-bond donors (Lipinski definition) is 2. The maximum Gasteiger partial charge on any atom is 0.338 e. The number of carboxylic acids is 1. The number of nitrogens with zero attached hydrogens (tertiary/aromatic N) is 2. The van der Waals surface area contributed by atoms with Gasteiger partial charge < -0.3 is 14.8 Å². The number of aromatic carboxylic acids is 1. The van der Waals surface area contributed by atoms with Gasteiger partial charge in [-0.05, 0) is 6.07 Å². The van der Waals surface area contributed by atoms with Gasteiger partial charge in [0.15, 0.2) is 11.5 Å². The summed E-state index contributed by atoms with van der Waals surface area (Å²) in [5.74, 6) is 0.322. The molecule has 3 aromatic rings. The van der Waals surface area contributed by atoms with Crippen LogP contribution in [0.2, 0.25) is 0 Å². The van der Waals surface area contributed by atoms with Crippen LogP contribution in [-0.2, 0) is 0 Å². The van der Waals surface area contributed by atoms with Crippen molar-refractivity contribution in [3.05, 3.63) is 29.3 Å². The number of aromatic nitrogens is 3. The van der Waals surface area contributed by atoms with Crippen LogP contribution < -0.4 is 4.74 Å². The number of hydrogen-bond acceptors (Lipinski definition) is 5. The van der Waals surface area contributed by atoms with Crippen molar-refractivity contribution >= 4 is 28.5 Å². The lowest BCUT2D eigenvalue weighted by Crippen LogP contribution is -1.97. The molecule has 0 aliphatic carbocycles. The topological polar surface area (TPSA) is 88.1 Å². The Morgan fingerprint density at radius 2 is 2.37 bits per heavy atom. The monoisotopic (exact) mass is 275 g/mol. The minimum atomic E-state index is -1.01. The predicted octanol–water partition coefficient (Wildman–Crippen LogP) is 2.39. The van der Waals surface area contributed by atoms with Crippen LogP contribution in [-0.4, -0.2) is 33.1 Å². The first kappa shape index (κ1) is 11.7. The lowest BCUT2D eigenvalue weighted by atomic mass is 10.2. The van der Waals surface area contributed by atoms with E-state index in [1.54, 1.807) is 7.11 Å². The van der Waals surface area contributed by atoms with E-state index >= 15 is 0 Å². The standard InChI is InChI=1S/C12H9N3O3S/c1-18-6-4-8(19-5-6)10-14-9-7(12(16)17)2-3-13-11(9)15-10/h2-5H,1H3,(H,16,17)(H,13,14,15). The van der Waals surface area contributed by atoms with Crippen molar-refractivity contribution < 1.29 is 14.6 Å². The quantitative estimate of drug-likeness (QED) is 0.766. The van der Waals surface area contributed by atoms with E-state index < -0.39 is 5.97 Å². The molecule has 0 fully saturated rings. The van der Waals surface area contributed by atoms with E-state index in [0.29, 0.717) is 17.0 Å². The molecule has 19 heavy (non-hydrogen) atoms. The van der Waals surface area contributed by atoms with Crippen LogP contribution in [0.15, 0.2) is 23.7 Å². The average molecular weight is 275 g/mol. The van der Waals surface area contributed by atoms with Gasteiger partial charge in [0.1, 0.15) is 5.75 Å². The Morgan fingerprint density at radius 3 is 3.05 bits per heavy atom. The summed E-state index contributed by atoms with van der Waals surface area (Å²) >= 11 is 1.46. The zero-order chi connectivity index (χ0) is 13.4. The third-order valence-corrected chi connectivity index (χ3v) is 3.58. The number of nitrogens with one attached hydrogen (secondary N) is 1. The number of ether oxygens (including phenoxy) is 1. The highest BCUT2D eigenvalue weighted by Crippen LogP contribution is 2.30. The minimum absolute atomic E-state index is 0.160. The summed E-state index contributed by atoms with van der Waals surface area (Å²) < 4.78 is 5.11. The first-order valence-corrected chi connectivity index (χ1v) is 6.28. The van der Waals surface area contributed by atoms with Crippen molar-refractivity contribution in [1.82, 2.24) is 15.0 Å². The summed E-state index contributed by atoms with van der Waals surface area (Å²) in [7, 11) is 1.59. The molecule has 2 N–H and O–H groups in total. The molecule has 0 unspecified atom stereocenters. The molecule has 3 heterocycles. The smallest absolute Gasteiger partial charge is 0.338 e. The van der Waals surface area contributed by atoms with Gasteiger partial charge in [-0.25, -0.2) is 14.8 Å². The summed E-state index contributed by atoms with van der Waals surface area (Å²) in [6.45, 7) is 0. The summed E-state index contributed by atoms with van der Waals surface area (Å²) in [5, 5.41) is 11.0. The first-order chi connectivity index (χ1) is 9.19. The van der Waals surface area contributed by atoms with Gasteiger partial charge in [-0.2, -0.15) is 0 Å². The number of pyridine rings is 1. The van der Waals surface area contributed by atoms with Crippen LogP contribution >= 0.6 is 11.3 Å². The minimum Gasteiger partial charge on any atom is -0.496 e. The van der Waals surface area contributed by atoms with Crippen molar-refractivity contribution in [2.24, 2.45) is 0 Å². The van der Waals surface area contributed by atoms with Crippen molar-refractivity contribution in [2.75, 3.05) is 7.11 Å². The van der Waals surface area contributed by atoms with Crippen LogP contribution in [0.3, 0.4) is 0 Å². The first-order valence-electron chi connectivity index (χ1n) is 5.40. The van der Waals surface area contributed by atoms with Crippen molar-refractivity contribution in [2.45, 2.75) is 0 Å². The van der Waals surface area contributed by atoms with E-state index in [1.165, 1.54) is 23.6 Å². The third-order valence-electron chi connectivity index (χ3n) is 2.67. The van der Waals surface area contributed by atoms with Crippen LogP contribution in [0.5, 0.6) is 5.75 Å². The molecule has 0 radical (unpaired) electrons. The van der Waals surface area contributed by atoms with Crippen LogP contribution in [0.4, 0.5) is 0 Å². The van der Waals surface area contributed by atoms with Gasteiger partial charge in [0.2, 0.25) is 0 Å². The van der Waals surface area contributed by atoms with Crippen molar-refractivity contribution in [3.63, 3.8) is 0 Å². The Balaban J connectivity index is 2.16. The zero-order valence-corrected chi connectivity index (χ0v) is 10.7. The number of H-pyrrole nitrogens is 1. The number of aromatic amines is 1. The summed E-state index contributed by atoms with van der Waals surface area (Å²) in [5.41, 5.74) is 0.979. The number of fused-ring (bicyclic) bond motifs is 1. The highest BCUT2D eigenvalue weighted by molar-refractivity contribution is 7.13. The van der Waals surface area contributed by atoms with Crippen LogP contribution in [0.1, 0.15) is 10.4 Å². The van der Waals surface area contributed by atoms with E-state index in [4.69, 9.17) is 9.84 Å². The van der Waals surface area contributed by atoms with Gasteiger partial charge in [-0.3, -0.25) is 0 Å². The fourth-order valence-electron chi connectivity index (χ4n) is 1.76. The summed E-state index contributed by atoms with van der Waals surface area (Å²) in [6, 6.07) is 3.28. The molecular formula is C12H9N3O3S. The number of carbonyl (C=O) groups is 1. The summed E-state index contributed by atoms with van der Waals surface area (Å²) in [6.07, 6.45) is 1.44. The molecule has 0 atom stereocenters. The lowest BCUT2D eigenvalue weighted by Gasteiger charge is -1.93. The number of carboxylic acid groups (broad SMARTS) is 1. The Bertz CT molecular complexity index is 763. The molecule has 0 amide bonds. The Morgan fingerprint density at radius 1 is 1.53 bits per heavy atom. The molecule has 0 aliphatic heterocycles. The molecule has 0 aromatic carbocycles. The van der Waals surface area contributed by atoms with E-state index in [-0.39, 0.29) is 5.56 Å². The Kier molecular flexibility index (Phi) is 2.68. The van der Waals surface area contributed by atoms with Gasteiger partial charge in [-0.15, -0.1) is 11.3 Å². The number of methoxy groups -OCH3 is 1. The largest absolute Gasteiger partial charge is 0.496 e. The molecule has 0 aliphatic rings. The molecule has 0 saturated heterocycles. The number of rotatable bonds is 3. The Labute approximate surface area is 111 Å². The van der Waals surface area contributed by atoms with Crippen molar-refractivity contribution in [1.29, 1.82) is 0 Å². The fourth-order valence-corrected chi connectivity index (χ4v) is 2.56. The molecule has 0 bridgehead atoms. The van der Waals surface area contributed by atoms with Crippen molar-refractivity contribution in [3.8, 4) is 16.5 Å². The van der Waals surface area contributed by atoms with Gasteiger partial charge in [-0.1, -0.05) is 0 Å². The average Bonchev–Trinajstić information content (AvgIpc) is 3.03. The second-order valence-electron chi connectivity index (χ2n) is 3.80. The normalized spacial score (nSPS) is 10.8. The molecule has 6 nitrogen and oxygen atoms in total. The molecule has 3 aromatic heterocycles. The highest BCUT2D eigenvalue weighted by Gasteiger charge is 2.15. The highest BCUT2D eigenvalue weighted by atomic mass is 32.1. The third kappa shape index (κ3) is 1.93. The SMILES string of the molecule is COc1csc(-c2nc3nccc(C(=O)O)c3[nH]2)c1. The molecule has 3 rings (SSSR count). The molecular weight excluding hydrogens is 266 g/mol. The van der Waals surface area contributed by atoms with E-state index in [2.05, 4.69) is 15.0 Å². The zero-order valence-electron chi connectivity index (χ0n) is 9.88. The molecule has 96 valence electrons. The van der Waals surface area contributed by atoms with Gasteiger partial charge in [0.05, 0.1) is 23.1 Å². The number of imidazole rings is 1. The maximum atomic E-state index is 11.1. The van der Waals surface area contributed by atoms with E-state index in [1.807, 2.05) is 11.4 Å². The van der Waals surface area contributed by atoms with Gasteiger partial charge in [0, 0.05) is 17.6 Å². The maximum absolute atomic E-state index is 11.1. The van der Waals surface area contributed by atoms with E-state index in [0.717, 1.165) is 10.6 Å². The van der Waals surface area contributed by atoms with Gasteiger partial charge in [0.25, 0.3) is 0 Å². The lowest BCUT2D eigenvalue weighted by molar-refractivity contribution is 0.0699. The Hall–Kier alpha value is -2.41. The summed E-state index contributed by atoms with van der Waals surface area (Å²) in [4.78, 5) is 23.3. The van der Waals surface area contributed by atoms with Gasteiger partial charge >= 0.3 is 5.97 Å². The predicted molar refractivity (Wildman–Crippen MR) is 70.7 cm³/mol.